The molecular weight excluding hydrogens is 352 g/mol. The van der Waals surface area contributed by atoms with E-state index in [1.165, 1.54) is 38.2 Å². The molecule has 1 saturated carbocycles. The van der Waals surface area contributed by atoms with Crippen molar-refractivity contribution in [3.63, 3.8) is 0 Å². The smallest absolute Gasteiger partial charge is 0.250 e. The number of anilines is 1. The molecule has 1 aliphatic carbocycles. The zero-order chi connectivity index (χ0) is 19.8. The zero-order valence-corrected chi connectivity index (χ0v) is 15.9. The van der Waals surface area contributed by atoms with Crippen LogP contribution in [0.4, 0.5) is 5.69 Å². The summed E-state index contributed by atoms with van der Waals surface area (Å²) in [4.78, 5) is 23.6. The van der Waals surface area contributed by atoms with Crippen molar-refractivity contribution in [3.05, 3.63) is 65.7 Å². The molecule has 1 aliphatic rings. The third-order valence-corrected chi connectivity index (χ3v) is 4.95. The number of carbonyl (C=O) groups is 2. The summed E-state index contributed by atoms with van der Waals surface area (Å²) in [5.41, 5.74) is 6.88. The molecule has 3 N–H and O–H groups in total. The molecule has 0 spiro atoms. The van der Waals surface area contributed by atoms with Crippen molar-refractivity contribution in [2.24, 2.45) is 11.7 Å². The van der Waals surface area contributed by atoms with Crippen LogP contribution in [0.5, 0.6) is 5.75 Å². The number of primary amides is 1. The van der Waals surface area contributed by atoms with Crippen molar-refractivity contribution in [1.82, 2.24) is 0 Å². The highest BCUT2D eigenvalue weighted by Crippen LogP contribution is 2.25. The number of rotatable bonds is 7. The van der Waals surface area contributed by atoms with E-state index in [1.807, 2.05) is 24.3 Å². The minimum Gasteiger partial charge on any atom is -0.493 e. The summed E-state index contributed by atoms with van der Waals surface area (Å²) >= 11 is 0. The predicted octanol–water partition coefficient (Wildman–Crippen LogP) is 4.40. The van der Waals surface area contributed by atoms with E-state index >= 15 is 0 Å². The number of hydrogen-bond donors (Lipinski definition) is 2. The topological polar surface area (TPSA) is 81.4 Å². The van der Waals surface area contributed by atoms with Crippen LogP contribution in [0, 0.1) is 5.92 Å². The molecule has 0 bridgehead atoms. The highest BCUT2D eigenvalue weighted by Gasteiger charge is 2.14. The maximum absolute atomic E-state index is 12.2. The number of nitrogens with one attached hydrogen (secondary N) is 1. The summed E-state index contributed by atoms with van der Waals surface area (Å²) in [5, 5.41) is 2.69. The lowest BCUT2D eigenvalue weighted by molar-refractivity contribution is -0.111. The molecule has 2 amide bonds. The average Bonchev–Trinajstić information content (AvgIpc) is 2.72. The summed E-state index contributed by atoms with van der Waals surface area (Å²) in [7, 11) is 0. The van der Waals surface area contributed by atoms with Crippen LogP contribution in [0.25, 0.3) is 6.08 Å². The van der Waals surface area contributed by atoms with Crippen molar-refractivity contribution < 1.29 is 14.3 Å². The lowest BCUT2D eigenvalue weighted by atomic mass is 9.90. The van der Waals surface area contributed by atoms with Gasteiger partial charge in [0.15, 0.2) is 0 Å². The second-order valence-corrected chi connectivity index (χ2v) is 7.12. The number of amides is 2. The van der Waals surface area contributed by atoms with Gasteiger partial charge in [-0.25, -0.2) is 0 Å². The van der Waals surface area contributed by atoms with Crippen molar-refractivity contribution in [3.8, 4) is 5.75 Å². The summed E-state index contributed by atoms with van der Waals surface area (Å²) < 4.78 is 5.94. The molecule has 5 nitrogen and oxygen atoms in total. The van der Waals surface area contributed by atoms with Gasteiger partial charge in [0.05, 0.1) is 17.9 Å². The first-order chi connectivity index (χ1) is 13.6. The third-order valence-electron chi connectivity index (χ3n) is 4.95. The molecule has 0 saturated heterocycles. The van der Waals surface area contributed by atoms with E-state index in [-0.39, 0.29) is 11.5 Å². The van der Waals surface area contributed by atoms with Crippen LogP contribution in [0.1, 0.15) is 48.0 Å². The maximum Gasteiger partial charge on any atom is 0.250 e. The SMILES string of the molecule is NC(=O)c1ccccc1NC(=O)C=Cc1cccc(OCC2CCCCC2)c1. The van der Waals surface area contributed by atoms with Gasteiger partial charge >= 0.3 is 0 Å². The molecule has 0 atom stereocenters. The Morgan fingerprint density at radius 2 is 1.86 bits per heavy atom. The Hall–Kier alpha value is -3.08. The summed E-state index contributed by atoms with van der Waals surface area (Å²) in [6, 6.07) is 14.3. The highest BCUT2D eigenvalue weighted by atomic mass is 16.5. The van der Waals surface area contributed by atoms with Crippen molar-refractivity contribution >= 4 is 23.6 Å². The first-order valence-corrected chi connectivity index (χ1v) is 9.72. The molecule has 1 fully saturated rings. The first-order valence-electron chi connectivity index (χ1n) is 9.72. The minimum absolute atomic E-state index is 0.280. The lowest BCUT2D eigenvalue weighted by Crippen LogP contribution is -2.16. The van der Waals surface area contributed by atoms with E-state index in [0.29, 0.717) is 11.6 Å². The van der Waals surface area contributed by atoms with Crippen LogP contribution >= 0.6 is 0 Å². The summed E-state index contributed by atoms with van der Waals surface area (Å²) in [5.74, 6) is 0.543. The highest BCUT2D eigenvalue weighted by molar-refractivity contribution is 6.07. The van der Waals surface area contributed by atoms with Gasteiger partial charge in [0.2, 0.25) is 5.91 Å². The molecule has 0 aliphatic heterocycles. The quantitative estimate of drug-likeness (QED) is 0.701. The van der Waals surface area contributed by atoms with E-state index in [9.17, 15) is 9.59 Å². The van der Waals surface area contributed by atoms with E-state index < -0.39 is 5.91 Å². The second-order valence-electron chi connectivity index (χ2n) is 7.12. The Labute approximate surface area is 165 Å². The molecule has 146 valence electrons. The Morgan fingerprint density at radius 1 is 1.07 bits per heavy atom. The van der Waals surface area contributed by atoms with Crippen LogP contribution in [0.2, 0.25) is 0 Å². The number of hydrogen-bond acceptors (Lipinski definition) is 3. The largest absolute Gasteiger partial charge is 0.493 e. The normalized spacial score (nSPS) is 14.7. The van der Waals surface area contributed by atoms with E-state index in [1.54, 1.807) is 30.3 Å². The lowest BCUT2D eigenvalue weighted by Gasteiger charge is -2.21. The molecular formula is C23H26N2O3. The van der Waals surface area contributed by atoms with Crippen molar-refractivity contribution in [2.45, 2.75) is 32.1 Å². The van der Waals surface area contributed by atoms with E-state index in [4.69, 9.17) is 10.5 Å². The number of ether oxygens (including phenoxy) is 1. The van der Waals surface area contributed by atoms with Crippen LogP contribution < -0.4 is 15.8 Å². The maximum atomic E-state index is 12.2. The van der Waals surface area contributed by atoms with Crippen molar-refractivity contribution in [1.29, 1.82) is 0 Å². The Bertz CT molecular complexity index is 854. The van der Waals surface area contributed by atoms with E-state index in [0.717, 1.165) is 17.9 Å². The number of nitrogens with two attached hydrogens (primary N) is 1. The number of benzene rings is 2. The fraction of sp³-hybridized carbons (Fsp3) is 0.304. The summed E-state index contributed by atoms with van der Waals surface area (Å²) in [6.07, 6.45) is 9.56. The summed E-state index contributed by atoms with van der Waals surface area (Å²) in [6.45, 7) is 0.748. The Balaban J connectivity index is 1.58. The zero-order valence-electron chi connectivity index (χ0n) is 15.9. The van der Waals surface area contributed by atoms with Gasteiger partial charge in [0.1, 0.15) is 5.75 Å². The van der Waals surface area contributed by atoms with Gasteiger partial charge in [0, 0.05) is 6.08 Å². The van der Waals surface area contributed by atoms with Gasteiger partial charge in [-0.05, 0) is 54.7 Å². The van der Waals surface area contributed by atoms with E-state index in [2.05, 4.69) is 5.32 Å². The fourth-order valence-electron chi connectivity index (χ4n) is 3.43. The predicted molar refractivity (Wildman–Crippen MR) is 111 cm³/mol. The van der Waals surface area contributed by atoms with Crippen molar-refractivity contribution in [2.75, 3.05) is 11.9 Å². The molecule has 28 heavy (non-hydrogen) atoms. The second kappa shape index (κ2) is 9.74. The molecule has 0 radical (unpaired) electrons. The third kappa shape index (κ3) is 5.71. The van der Waals surface area contributed by atoms with Gasteiger partial charge in [-0.1, -0.05) is 43.5 Å². The van der Waals surface area contributed by atoms with Crippen LogP contribution in [0.3, 0.4) is 0 Å². The number of para-hydroxylation sites is 1. The van der Waals surface area contributed by atoms with Gasteiger partial charge < -0.3 is 15.8 Å². The minimum atomic E-state index is -0.581. The van der Waals surface area contributed by atoms with Gasteiger partial charge in [-0.3, -0.25) is 9.59 Å². The van der Waals surface area contributed by atoms with Crippen LogP contribution in [-0.4, -0.2) is 18.4 Å². The Morgan fingerprint density at radius 3 is 2.64 bits per heavy atom. The molecule has 2 aromatic rings. The molecule has 3 rings (SSSR count). The average molecular weight is 378 g/mol. The molecule has 0 heterocycles. The number of carbonyl (C=O) groups excluding carboxylic acids is 2. The molecule has 5 heteroatoms. The monoisotopic (exact) mass is 378 g/mol. The Kier molecular flexibility index (Phi) is 6.84. The fourth-order valence-corrected chi connectivity index (χ4v) is 3.43. The van der Waals surface area contributed by atoms with Gasteiger partial charge in [-0.2, -0.15) is 0 Å². The van der Waals surface area contributed by atoms with Crippen LogP contribution in [-0.2, 0) is 4.79 Å². The van der Waals surface area contributed by atoms with Gasteiger partial charge in [0.25, 0.3) is 5.91 Å². The first kappa shape index (κ1) is 19.7. The molecule has 2 aromatic carbocycles. The standard InChI is InChI=1S/C23H26N2O3/c24-23(27)20-11-4-5-12-21(20)25-22(26)14-13-17-9-6-10-19(15-17)28-16-18-7-2-1-3-8-18/h4-6,9-15,18H,1-3,7-8,16H2,(H2,24,27)(H,25,26). The van der Waals surface area contributed by atoms with Crippen LogP contribution in [0.15, 0.2) is 54.6 Å². The van der Waals surface area contributed by atoms with Gasteiger partial charge in [-0.15, -0.1) is 0 Å². The molecule has 0 unspecified atom stereocenters. The molecule has 0 aromatic heterocycles.